The molecule has 0 aliphatic rings. The highest BCUT2D eigenvalue weighted by Gasteiger charge is 2.03. The number of rotatable bonds is 5. The van der Waals surface area contributed by atoms with Gasteiger partial charge in [-0.05, 0) is 25.2 Å². The Hall–Kier alpha value is -1.87. The van der Waals surface area contributed by atoms with Gasteiger partial charge < -0.3 is 9.84 Å². The van der Waals surface area contributed by atoms with Crippen molar-refractivity contribution in [2.24, 2.45) is 0 Å². The van der Waals surface area contributed by atoms with Crippen LogP contribution in [0.5, 0.6) is 0 Å². The molecule has 0 amide bonds. The largest absolute Gasteiger partial charge is 0.508 e. The third-order valence-electron chi connectivity index (χ3n) is 2.18. The summed E-state index contributed by atoms with van der Waals surface area (Å²) in [5, 5.41) is 9.85. The van der Waals surface area contributed by atoms with E-state index in [1.165, 1.54) is 20.1 Å². The lowest BCUT2D eigenvalue weighted by Gasteiger charge is -2.07. The van der Waals surface area contributed by atoms with E-state index in [9.17, 15) is 9.90 Å². The first kappa shape index (κ1) is 13.2. The average molecular weight is 232 g/mol. The number of hydrogen-bond donors (Lipinski definition) is 1. The summed E-state index contributed by atoms with van der Waals surface area (Å²) >= 11 is 0. The van der Waals surface area contributed by atoms with Crippen molar-refractivity contribution < 1.29 is 14.6 Å². The van der Waals surface area contributed by atoms with Gasteiger partial charge in [-0.2, -0.15) is 0 Å². The third-order valence-corrected chi connectivity index (χ3v) is 2.18. The summed E-state index contributed by atoms with van der Waals surface area (Å²) < 4.78 is 5.12. The molecule has 3 nitrogen and oxygen atoms in total. The number of benzene rings is 1. The second-order valence-corrected chi connectivity index (χ2v) is 3.59. The second-order valence-electron chi connectivity index (χ2n) is 3.59. The van der Waals surface area contributed by atoms with Gasteiger partial charge in [0.15, 0.2) is 5.78 Å². The Morgan fingerprint density at radius 3 is 2.53 bits per heavy atom. The van der Waals surface area contributed by atoms with E-state index in [4.69, 9.17) is 4.74 Å². The molecule has 1 aromatic rings. The number of carbonyl (C=O) groups is 1. The molecule has 1 aromatic carbocycles. The fourth-order valence-corrected chi connectivity index (χ4v) is 1.29. The van der Waals surface area contributed by atoms with E-state index >= 15 is 0 Å². The molecule has 0 saturated carbocycles. The van der Waals surface area contributed by atoms with Crippen LogP contribution in [0.2, 0.25) is 0 Å². The van der Waals surface area contributed by atoms with Crippen LogP contribution in [-0.2, 0) is 9.53 Å². The van der Waals surface area contributed by atoms with Crippen molar-refractivity contribution in [3.05, 3.63) is 54.1 Å². The maximum atomic E-state index is 10.8. The molecule has 1 rings (SSSR count). The van der Waals surface area contributed by atoms with Gasteiger partial charge in [0.05, 0.1) is 6.10 Å². The first-order valence-electron chi connectivity index (χ1n) is 5.31. The topological polar surface area (TPSA) is 46.5 Å². The van der Waals surface area contributed by atoms with Gasteiger partial charge in [0, 0.05) is 12.7 Å². The summed E-state index contributed by atoms with van der Waals surface area (Å²) in [5.74, 6) is 0.0744. The molecule has 0 aromatic heterocycles. The fourth-order valence-electron chi connectivity index (χ4n) is 1.29. The molecular formula is C14H16O3. The number of aliphatic hydroxyl groups excluding tert-OH is 1. The van der Waals surface area contributed by atoms with Gasteiger partial charge in [-0.3, -0.25) is 4.79 Å². The van der Waals surface area contributed by atoms with Gasteiger partial charge in [0.1, 0.15) is 5.76 Å². The maximum Gasteiger partial charge on any atom is 0.152 e. The molecule has 0 heterocycles. The molecule has 1 unspecified atom stereocenters. The van der Waals surface area contributed by atoms with E-state index in [-0.39, 0.29) is 11.5 Å². The van der Waals surface area contributed by atoms with Crippen molar-refractivity contribution >= 4 is 11.5 Å². The predicted molar refractivity (Wildman–Crippen MR) is 67.7 cm³/mol. The van der Waals surface area contributed by atoms with Crippen LogP contribution in [0.25, 0.3) is 5.76 Å². The summed E-state index contributed by atoms with van der Waals surface area (Å²) in [5.41, 5.74) is 0.714. The highest BCUT2D eigenvalue weighted by molar-refractivity contribution is 5.87. The molecule has 0 radical (unpaired) electrons. The van der Waals surface area contributed by atoms with Crippen molar-refractivity contribution in [2.75, 3.05) is 7.11 Å². The monoisotopic (exact) mass is 232 g/mol. The van der Waals surface area contributed by atoms with Crippen molar-refractivity contribution in [1.82, 2.24) is 0 Å². The molecule has 1 N–H and O–H groups in total. The van der Waals surface area contributed by atoms with Crippen LogP contribution in [0.1, 0.15) is 12.5 Å². The number of ketones is 1. The quantitative estimate of drug-likeness (QED) is 0.627. The van der Waals surface area contributed by atoms with Gasteiger partial charge in [0.25, 0.3) is 0 Å². The van der Waals surface area contributed by atoms with Crippen LogP contribution in [-0.4, -0.2) is 24.1 Å². The first-order valence-corrected chi connectivity index (χ1v) is 5.31. The van der Waals surface area contributed by atoms with E-state index in [1.54, 1.807) is 24.3 Å². The van der Waals surface area contributed by atoms with E-state index < -0.39 is 6.10 Å². The highest BCUT2D eigenvalue weighted by atomic mass is 16.5. The molecule has 17 heavy (non-hydrogen) atoms. The number of carbonyl (C=O) groups excluding carboxylic acids is 1. The Bertz CT molecular complexity index is 418. The molecule has 1 atom stereocenters. The molecule has 0 bridgehead atoms. The van der Waals surface area contributed by atoms with E-state index in [0.29, 0.717) is 5.56 Å². The van der Waals surface area contributed by atoms with Crippen LogP contribution >= 0.6 is 0 Å². The van der Waals surface area contributed by atoms with Crippen LogP contribution < -0.4 is 0 Å². The Balaban J connectivity index is 2.82. The molecule has 0 aliphatic carbocycles. The van der Waals surface area contributed by atoms with Crippen molar-refractivity contribution in [3.8, 4) is 0 Å². The van der Waals surface area contributed by atoms with Gasteiger partial charge >= 0.3 is 0 Å². The standard InChI is InChI=1S/C14H16O3/c1-11(15)8-9-13(17-2)10-14(16)12-6-4-3-5-7-12/h3-10,13,16H,1-2H3/b9-8-,14-10-. The highest BCUT2D eigenvalue weighted by Crippen LogP contribution is 2.12. The number of aliphatic hydroxyl groups is 1. The SMILES string of the molecule is COC(/C=C\C(C)=O)/C=C(\O)c1ccccc1. The zero-order valence-electron chi connectivity index (χ0n) is 9.96. The maximum absolute atomic E-state index is 10.8. The predicted octanol–water partition coefficient (Wildman–Crippen LogP) is 2.75. The molecule has 0 aliphatic heterocycles. The van der Waals surface area contributed by atoms with Gasteiger partial charge in [-0.15, -0.1) is 0 Å². The second kappa shape index (κ2) is 6.66. The minimum Gasteiger partial charge on any atom is -0.508 e. The summed E-state index contributed by atoms with van der Waals surface area (Å²) in [6.45, 7) is 1.46. The lowest BCUT2D eigenvalue weighted by atomic mass is 10.1. The van der Waals surface area contributed by atoms with Crippen molar-refractivity contribution in [2.45, 2.75) is 13.0 Å². The summed E-state index contributed by atoms with van der Waals surface area (Å²) in [4.78, 5) is 10.8. The van der Waals surface area contributed by atoms with Crippen LogP contribution in [0.3, 0.4) is 0 Å². The molecular weight excluding hydrogens is 216 g/mol. The molecule has 0 saturated heterocycles. The van der Waals surface area contributed by atoms with E-state index in [2.05, 4.69) is 0 Å². The normalized spacial score (nSPS) is 13.9. The van der Waals surface area contributed by atoms with E-state index in [1.807, 2.05) is 18.2 Å². The lowest BCUT2D eigenvalue weighted by Crippen LogP contribution is -2.04. The van der Waals surface area contributed by atoms with Crippen LogP contribution in [0, 0.1) is 0 Å². The third kappa shape index (κ3) is 4.66. The zero-order chi connectivity index (χ0) is 12.7. The fraction of sp³-hybridized carbons (Fsp3) is 0.214. The minimum atomic E-state index is -0.417. The average Bonchev–Trinajstić information content (AvgIpc) is 2.35. The number of ether oxygens (including phenoxy) is 1. The summed E-state index contributed by atoms with van der Waals surface area (Å²) in [6, 6.07) is 9.15. The first-order chi connectivity index (χ1) is 8.13. The summed E-state index contributed by atoms with van der Waals surface area (Å²) in [6.07, 6.45) is 4.15. The zero-order valence-corrected chi connectivity index (χ0v) is 9.96. The van der Waals surface area contributed by atoms with Crippen molar-refractivity contribution in [3.63, 3.8) is 0 Å². The number of hydrogen-bond acceptors (Lipinski definition) is 3. The van der Waals surface area contributed by atoms with Crippen LogP contribution in [0.4, 0.5) is 0 Å². The Morgan fingerprint density at radius 1 is 1.35 bits per heavy atom. The number of allylic oxidation sites excluding steroid dienone is 1. The molecule has 0 fully saturated rings. The minimum absolute atomic E-state index is 0.0559. The molecule has 3 heteroatoms. The van der Waals surface area contributed by atoms with Crippen LogP contribution in [0.15, 0.2) is 48.6 Å². The Morgan fingerprint density at radius 2 is 2.00 bits per heavy atom. The lowest BCUT2D eigenvalue weighted by molar-refractivity contribution is -0.112. The van der Waals surface area contributed by atoms with Gasteiger partial charge in [0.2, 0.25) is 0 Å². The Labute approximate surface area is 101 Å². The summed E-state index contributed by atoms with van der Waals surface area (Å²) in [7, 11) is 1.52. The number of methoxy groups -OCH3 is 1. The van der Waals surface area contributed by atoms with Crippen molar-refractivity contribution in [1.29, 1.82) is 0 Å². The molecule has 90 valence electrons. The van der Waals surface area contributed by atoms with Gasteiger partial charge in [-0.1, -0.05) is 30.3 Å². The van der Waals surface area contributed by atoms with E-state index in [0.717, 1.165) is 0 Å². The Kier molecular flexibility index (Phi) is 5.17. The molecule has 0 spiro atoms. The van der Waals surface area contributed by atoms with Gasteiger partial charge in [-0.25, -0.2) is 0 Å². The smallest absolute Gasteiger partial charge is 0.152 e.